The van der Waals surface area contributed by atoms with Crippen LogP contribution in [0.2, 0.25) is 0 Å². The predicted octanol–water partition coefficient (Wildman–Crippen LogP) is 2.90. The standard InChI is InChI=1S/C17H19NO3/c1-19-15-5-3-2-4-14(15)13(8-9-18)12-6-7-16-17(10-12)21-11-20-16/h2-7,10,13H,8-9,11,18H2,1H3/t13-/m0/s1. The second-order valence-corrected chi connectivity index (χ2v) is 4.98. The van der Waals surface area contributed by atoms with Gasteiger partial charge in [0, 0.05) is 11.5 Å². The van der Waals surface area contributed by atoms with Crippen LogP contribution in [0.4, 0.5) is 0 Å². The average Bonchev–Trinajstić information content (AvgIpc) is 3.00. The molecule has 2 aromatic rings. The van der Waals surface area contributed by atoms with Gasteiger partial charge >= 0.3 is 0 Å². The second kappa shape index (κ2) is 6.06. The summed E-state index contributed by atoms with van der Waals surface area (Å²) in [5.74, 6) is 2.66. The van der Waals surface area contributed by atoms with E-state index in [1.165, 1.54) is 0 Å². The number of methoxy groups -OCH3 is 1. The molecule has 21 heavy (non-hydrogen) atoms. The monoisotopic (exact) mass is 285 g/mol. The quantitative estimate of drug-likeness (QED) is 0.917. The lowest BCUT2D eigenvalue weighted by molar-refractivity contribution is 0.174. The zero-order valence-electron chi connectivity index (χ0n) is 12.0. The maximum atomic E-state index is 5.81. The minimum Gasteiger partial charge on any atom is -0.496 e. The zero-order valence-corrected chi connectivity index (χ0v) is 12.0. The van der Waals surface area contributed by atoms with Crippen molar-refractivity contribution in [3.8, 4) is 17.2 Å². The van der Waals surface area contributed by atoms with E-state index < -0.39 is 0 Å². The molecule has 0 fully saturated rings. The van der Waals surface area contributed by atoms with Gasteiger partial charge in [0.1, 0.15) is 5.75 Å². The molecular weight excluding hydrogens is 266 g/mol. The van der Waals surface area contributed by atoms with Gasteiger partial charge in [-0.15, -0.1) is 0 Å². The molecule has 1 atom stereocenters. The highest BCUT2D eigenvalue weighted by Gasteiger charge is 2.21. The molecule has 4 heteroatoms. The van der Waals surface area contributed by atoms with Crippen molar-refractivity contribution in [2.45, 2.75) is 12.3 Å². The SMILES string of the molecule is COc1ccccc1[C@@H](CCN)c1ccc2c(c1)OCO2. The highest BCUT2D eigenvalue weighted by molar-refractivity contribution is 5.49. The Morgan fingerprint density at radius 1 is 1.14 bits per heavy atom. The van der Waals surface area contributed by atoms with Crippen LogP contribution in [0.1, 0.15) is 23.5 Å². The average molecular weight is 285 g/mol. The van der Waals surface area contributed by atoms with Crippen molar-refractivity contribution in [1.82, 2.24) is 0 Å². The Hall–Kier alpha value is -2.20. The second-order valence-electron chi connectivity index (χ2n) is 4.98. The highest BCUT2D eigenvalue weighted by Crippen LogP contribution is 2.39. The Morgan fingerprint density at radius 3 is 2.76 bits per heavy atom. The van der Waals surface area contributed by atoms with Crippen LogP contribution in [-0.4, -0.2) is 20.4 Å². The number of ether oxygens (including phenoxy) is 3. The molecular formula is C17H19NO3. The first-order valence-corrected chi connectivity index (χ1v) is 7.06. The summed E-state index contributed by atoms with van der Waals surface area (Å²) in [4.78, 5) is 0. The van der Waals surface area contributed by atoms with Crippen molar-refractivity contribution in [2.24, 2.45) is 5.73 Å². The van der Waals surface area contributed by atoms with E-state index in [1.807, 2.05) is 30.3 Å². The predicted molar refractivity (Wildman–Crippen MR) is 81.1 cm³/mol. The fraction of sp³-hybridized carbons (Fsp3) is 0.294. The Bertz CT molecular complexity index is 627. The zero-order chi connectivity index (χ0) is 14.7. The first kappa shape index (κ1) is 13.8. The van der Waals surface area contributed by atoms with E-state index in [4.69, 9.17) is 19.9 Å². The number of nitrogens with two attached hydrogens (primary N) is 1. The van der Waals surface area contributed by atoms with Crippen molar-refractivity contribution in [1.29, 1.82) is 0 Å². The van der Waals surface area contributed by atoms with Crippen LogP contribution in [-0.2, 0) is 0 Å². The Labute approximate surface area is 124 Å². The number of para-hydroxylation sites is 1. The van der Waals surface area contributed by atoms with E-state index in [1.54, 1.807) is 7.11 Å². The van der Waals surface area contributed by atoms with E-state index in [-0.39, 0.29) is 12.7 Å². The fourth-order valence-corrected chi connectivity index (χ4v) is 2.75. The van der Waals surface area contributed by atoms with Gasteiger partial charge in [-0.1, -0.05) is 24.3 Å². The molecule has 0 aromatic heterocycles. The maximum absolute atomic E-state index is 5.81. The van der Waals surface area contributed by atoms with Crippen LogP contribution in [0.25, 0.3) is 0 Å². The first-order chi connectivity index (χ1) is 10.3. The number of fused-ring (bicyclic) bond motifs is 1. The smallest absolute Gasteiger partial charge is 0.231 e. The van der Waals surface area contributed by atoms with Crippen LogP contribution in [0.15, 0.2) is 42.5 Å². The Kier molecular flexibility index (Phi) is 3.97. The van der Waals surface area contributed by atoms with Gasteiger partial charge in [-0.3, -0.25) is 0 Å². The third-order valence-corrected chi connectivity index (χ3v) is 3.77. The van der Waals surface area contributed by atoms with Crippen LogP contribution in [0, 0.1) is 0 Å². The molecule has 0 radical (unpaired) electrons. The molecule has 1 heterocycles. The summed E-state index contributed by atoms with van der Waals surface area (Å²) >= 11 is 0. The van der Waals surface area contributed by atoms with Crippen molar-refractivity contribution in [2.75, 3.05) is 20.4 Å². The third-order valence-electron chi connectivity index (χ3n) is 3.77. The summed E-state index contributed by atoms with van der Waals surface area (Å²) in [6, 6.07) is 14.1. The fourth-order valence-electron chi connectivity index (χ4n) is 2.75. The molecule has 3 rings (SSSR count). The summed E-state index contributed by atoms with van der Waals surface area (Å²) < 4.78 is 16.3. The van der Waals surface area contributed by atoms with Gasteiger partial charge in [0.25, 0.3) is 0 Å². The molecule has 0 amide bonds. The lowest BCUT2D eigenvalue weighted by Gasteiger charge is -2.20. The van der Waals surface area contributed by atoms with Crippen molar-refractivity contribution < 1.29 is 14.2 Å². The van der Waals surface area contributed by atoms with E-state index in [9.17, 15) is 0 Å². The molecule has 0 unspecified atom stereocenters. The number of hydrogen-bond donors (Lipinski definition) is 1. The molecule has 1 aliphatic rings. The molecule has 2 aromatic carbocycles. The molecule has 0 saturated heterocycles. The normalized spacial score (nSPS) is 14.0. The molecule has 0 saturated carbocycles. The summed E-state index contributed by atoms with van der Waals surface area (Å²) in [6.45, 7) is 0.895. The third kappa shape index (κ3) is 2.67. The molecule has 110 valence electrons. The minimum absolute atomic E-state index is 0.181. The van der Waals surface area contributed by atoms with E-state index in [0.717, 1.165) is 34.8 Å². The lowest BCUT2D eigenvalue weighted by Crippen LogP contribution is -2.10. The van der Waals surface area contributed by atoms with E-state index >= 15 is 0 Å². The molecule has 0 aliphatic carbocycles. The molecule has 2 N–H and O–H groups in total. The van der Waals surface area contributed by atoms with Gasteiger partial charge < -0.3 is 19.9 Å². The minimum atomic E-state index is 0.181. The van der Waals surface area contributed by atoms with Gasteiger partial charge in [0.05, 0.1) is 7.11 Å². The summed E-state index contributed by atoms with van der Waals surface area (Å²) in [7, 11) is 1.69. The van der Waals surface area contributed by atoms with Gasteiger partial charge in [0.15, 0.2) is 11.5 Å². The van der Waals surface area contributed by atoms with Crippen LogP contribution in [0.3, 0.4) is 0 Å². The van der Waals surface area contributed by atoms with Crippen LogP contribution in [0.5, 0.6) is 17.2 Å². The van der Waals surface area contributed by atoms with Crippen LogP contribution < -0.4 is 19.9 Å². The van der Waals surface area contributed by atoms with Gasteiger partial charge in [-0.05, 0) is 36.7 Å². The molecule has 4 nitrogen and oxygen atoms in total. The number of hydrogen-bond acceptors (Lipinski definition) is 4. The number of rotatable bonds is 5. The highest BCUT2D eigenvalue weighted by atomic mass is 16.7. The first-order valence-electron chi connectivity index (χ1n) is 7.06. The number of benzene rings is 2. The molecule has 1 aliphatic heterocycles. The van der Waals surface area contributed by atoms with E-state index in [0.29, 0.717) is 6.54 Å². The van der Waals surface area contributed by atoms with Crippen molar-refractivity contribution in [3.05, 3.63) is 53.6 Å². The summed E-state index contributed by atoms with van der Waals surface area (Å²) in [6.07, 6.45) is 0.847. The van der Waals surface area contributed by atoms with E-state index in [2.05, 4.69) is 12.1 Å². The summed E-state index contributed by atoms with van der Waals surface area (Å²) in [5.41, 5.74) is 8.12. The van der Waals surface area contributed by atoms with Gasteiger partial charge in [0.2, 0.25) is 6.79 Å². The van der Waals surface area contributed by atoms with Crippen molar-refractivity contribution >= 4 is 0 Å². The molecule has 0 spiro atoms. The summed E-state index contributed by atoms with van der Waals surface area (Å²) in [5, 5.41) is 0. The Morgan fingerprint density at radius 2 is 1.95 bits per heavy atom. The maximum Gasteiger partial charge on any atom is 0.231 e. The molecule has 0 bridgehead atoms. The van der Waals surface area contributed by atoms with Gasteiger partial charge in [-0.25, -0.2) is 0 Å². The lowest BCUT2D eigenvalue weighted by atomic mass is 9.87. The van der Waals surface area contributed by atoms with Crippen molar-refractivity contribution in [3.63, 3.8) is 0 Å². The van der Waals surface area contributed by atoms with Crippen LogP contribution >= 0.6 is 0 Å². The Balaban J connectivity index is 2.01. The topological polar surface area (TPSA) is 53.7 Å². The van der Waals surface area contributed by atoms with Gasteiger partial charge in [-0.2, -0.15) is 0 Å². The largest absolute Gasteiger partial charge is 0.496 e.